The van der Waals surface area contributed by atoms with Crippen molar-refractivity contribution in [3.63, 3.8) is 0 Å². The number of methoxy groups -OCH3 is 1. The Kier molecular flexibility index (Phi) is 5.05. The van der Waals surface area contributed by atoms with Gasteiger partial charge in [0.25, 0.3) is 0 Å². The van der Waals surface area contributed by atoms with Crippen LogP contribution in [0.4, 0.5) is 15.8 Å². The second-order valence-electron chi connectivity index (χ2n) is 7.42. The summed E-state index contributed by atoms with van der Waals surface area (Å²) in [4.78, 5) is 10.6. The molecule has 1 aromatic rings. The fourth-order valence-corrected chi connectivity index (χ4v) is 3.87. The number of hydrogen-bond donors (Lipinski definition) is 0. The van der Waals surface area contributed by atoms with Crippen LogP contribution in [0.15, 0.2) is 17.1 Å². The maximum Gasteiger partial charge on any atom is 0.143 e. The SMILES string of the molecule is COc1ccc(N=CN(C)C)c(C#N)c1N1CC2(CC(F)CCN2C)C1. The third-order valence-electron chi connectivity index (χ3n) is 5.35. The number of nitrogens with zero attached hydrogens (tertiary/aromatic N) is 5. The first-order chi connectivity index (χ1) is 12.4. The highest BCUT2D eigenvalue weighted by Crippen LogP contribution is 2.45. The van der Waals surface area contributed by atoms with Crippen molar-refractivity contribution in [2.24, 2.45) is 4.99 Å². The molecule has 2 heterocycles. The number of aliphatic imine (C=N–C) groups is 1. The van der Waals surface area contributed by atoms with Gasteiger partial charge in [-0.15, -0.1) is 0 Å². The van der Waals surface area contributed by atoms with Gasteiger partial charge < -0.3 is 14.5 Å². The zero-order valence-corrected chi connectivity index (χ0v) is 15.9. The van der Waals surface area contributed by atoms with Crippen LogP contribution in [0.3, 0.4) is 0 Å². The van der Waals surface area contributed by atoms with Crippen molar-refractivity contribution >= 4 is 17.7 Å². The van der Waals surface area contributed by atoms with Gasteiger partial charge in [-0.05, 0) is 25.6 Å². The van der Waals surface area contributed by atoms with Gasteiger partial charge in [-0.1, -0.05) is 0 Å². The first-order valence-corrected chi connectivity index (χ1v) is 8.82. The first kappa shape index (κ1) is 18.5. The lowest BCUT2D eigenvalue weighted by molar-refractivity contribution is 0.00709. The fraction of sp³-hybridized carbons (Fsp3) is 0.579. The maximum absolute atomic E-state index is 14.0. The van der Waals surface area contributed by atoms with Crippen LogP contribution in [-0.2, 0) is 0 Å². The number of hydrogen-bond acceptors (Lipinski definition) is 5. The van der Waals surface area contributed by atoms with Crippen molar-refractivity contribution in [1.29, 1.82) is 5.26 Å². The number of halogens is 1. The number of alkyl halides is 1. The smallest absolute Gasteiger partial charge is 0.143 e. The van der Waals surface area contributed by atoms with E-state index in [0.717, 1.165) is 12.2 Å². The van der Waals surface area contributed by atoms with Crippen LogP contribution < -0.4 is 9.64 Å². The van der Waals surface area contributed by atoms with E-state index < -0.39 is 6.17 Å². The van der Waals surface area contributed by atoms with Crippen molar-refractivity contribution in [2.45, 2.75) is 24.6 Å². The predicted molar refractivity (Wildman–Crippen MR) is 101 cm³/mol. The van der Waals surface area contributed by atoms with Crippen LogP contribution >= 0.6 is 0 Å². The van der Waals surface area contributed by atoms with Crippen LogP contribution in [0.1, 0.15) is 18.4 Å². The van der Waals surface area contributed by atoms with Crippen LogP contribution in [0.5, 0.6) is 5.75 Å². The topological polar surface area (TPSA) is 55.1 Å². The van der Waals surface area contributed by atoms with Gasteiger partial charge in [-0.3, -0.25) is 4.90 Å². The largest absolute Gasteiger partial charge is 0.495 e. The molecule has 7 heteroatoms. The number of likely N-dealkylation sites (tertiary alicyclic amines) is 1. The number of anilines is 1. The summed E-state index contributed by atoms with van der Waals surface area (Å²) in [5.41, 5.74) is 1.70. The van der Waals surface area contributed by atoms with E-state index in [1.807, 2.05) is 25.1 Å². The highest BCUT2D eigenvalue weighted by Gasteiger charge is 2.50. The van der Waals surface area contributed by atoms with Crippen LogP contribution in [0.2, 0.25) is 0 Å². The van der Waals surface area contributed by atoms with Gasteiger partial charge in [0.2, 0.25) is 0 Å². The van der Waals surface area contributed by atoms with E-state index in [4.69, 9.17) is 4.74 Å². The second kappa shape index (κ2) is 7.12. The van der Waals surface area contributed by atoms with E-state index in [2.05, 4.69) is 27.9 Å². The lowest BCUT2D eigenvalue weighted by Gasteiger charge is -2.58. The van der Waals surface area contributed by atoms with Crippen LogP contribution in [0.25, 0.3) is 0 Å². The Balaban J connectivity index is 1.92. The van der Waals surface area contributed by atoms with Gasteiger partial charge >= 0.3 is 0 Å². The molecule has 1 spiro atoms. The summed E-state index contributed by atoms with van der Waals surface area (Å²) in [7, 11) is 7.42. The van der Waals surface area contributed by atoms with E-state index in [0.29, 0.717) is 42.9 Å². The third kappa shape index (κ3) is 3.21. The highest BCUT2D eigenvalue weighted by molar-refractivity contribution is 5.79. The molecule has 2 aliphatic heterocycles. The first-order valence-electron chi connectivity index (χ1n) is 8.82. The van der Waals surface area contributed by atoms with E-state index in [9.17, 15) is 9.65 Å². The number of rotatable bonds is 4. The van der Waals surface area contributed by atoms with E-state index in [1.165, 1.54) is 0 Å². The average Bonchev–Trinajstić information content (AvgIpc) is 2.59. The summed E-state index contributed by atoms with van der Waals surface area (Å²) < 4.78 is 19.5. The maximum atomic E-state index is 14.0. The van der Waals surface area contributed by atoms with E-state index in [-0.39, 0.29) is 5.54 Å². The fourth-order valence-electron chi connectivity index (χ4n) is 3.87. The summed E-state index contributed by atoms with van der Waals surface area (Å²) in [6.45, 7) is 2.15. The lowest BCUT2D eigenvalue weighted by Crippen LogP contribution is -2.72. The number of ether oxygens (including phenoxy) is 1. The van der Waals surface area contributed by atoms with E-state index >= 15 is 0 Å². The minimum Gasteiger partial charge on any atom is -0.495 e. The van der Waals surface area contributed by atoms with Crippen molar-refractivity contribution in [1.82, 2.24) is 9.80 Å². The predicted octanol–water partition coefficient (Wildman–Crippen LogP) is 2.41. The van der Waals surface area contributed by atoms with Crippen LogP contribution in [0, 0.1) is 11.3 Å². The van der Waals surface area contributed by atoms with Gasteiger partial charge in [-0.25, -0.2) is 9.38 Å². The van der Waals surface area contributed by atoms with Gasteiger partial charge in [0, 0.05) is 40.2 Å². The third-order valence-corrected chi connectivity index (χ3v) is 5.35. The molecule has 1 unspecified atom stereocenters. The molecular weight excluding hydrogens is 333 g/mol. The molecule has 3 rings (SSSR count). The summed E-state index contributed by atoms with van der Waals surface area (Å²) in [5, 5.41) is 9.76. The molecule has 0 bridgehead atoms. The Morgan fingerprint density at radius 1 is 1.42 bits per heavy atom. The summed E-state index contributed by atoms with van der Waals surface area (Å²) in [6, 6.07) is 5.91. The molecule has 0 saturated carbocycles. The molecule has 0 aliphatic carbocycles. The van der Waals surface area contributed by atoms with Crippen molar-refractivity contribution in [3.05, 3.63) is 17.7 Å². The highest BCUT2D eigenvalue weighted by atomic mass is 19.1. The standard InChI is InChI=1S/C19H26FN5O/c1-23(2)13-22-16-5-6-17(26-4)18(15(16)10-21)25-11-19(12-25)9-14(20)7-8-24(19)3/h5-6,13-14H,7-9,11-12H2,1-4H3. The minimum absolute atomic E-state index is 0.154. The Labute approximate surface area is 154 Å². The molecule has 2 saturated heterocycles. The van der Waals surface area contributed by atoms with Gasteiger partial charge in [0.1, 0.15) is 23.6 Å². The monoisotopic (exact) mass is 359 g/mol. The molecular formula is C19H26FN5O. The van der Waals surface area contributed by atoms with Gasteiger partial charge in [0.15, 0.2) is 0 Å². The quantitative estimate of drug-likeness (QED) is 0.610. The van der Waals surface area contributed by atoms with Gasteiger partial charge in [0.05, 0.1) is 30.4 Å². The minimum atomic E-state index is -0.748. The summed E-state index contributed by atoms with van der Waals surface area (Å²) in [6.07, 6.45) is 2.07. The Morgan fingerprint density at radius 3 is 2.77 bits per heavy atom. The molecule has 1 atom stereocenters. The van der Waals surface area contributed by atoms with Crippen LogP contribution in [-0.4, -0.2) is 75.7 Å². The Bertz CT molecular complexity index is 736. The molecule has 26 heavy (non-hydrogen) atoms. The molecule has 140 valence electrons. The number of piperidine rings is 1. The van der Waals surface area contributed by atoms with E-state index in [1.54, 1.807) is 19.5 Å². The lowest BCUT2D eigenvalue weighted by atomic mass is 9.78. The zero-order chi connectivity index (χ0) is 18.9. The number of benzene rings is 1. The number of likely N-dealkylation sites (N-methyl/N-ethyl adjacent to an activating group) is 1. The molecule has 0 radical (unpaired) electrons. The molecule has 2 aliphatic rings. The Hall–Kier alpha value is -2.33. The number of nitriles is 1. The molecule has 0 N–H and O–H groups in total. The molecule has 1 aromatic carbocycles. The molecule has 6 nitrogen and oxygen atoms in total. The van der Waals surface area contributed by atoms with Crippen molar-refractivity contribution in [3.8, 4) is 11.8 Å². The van der Waals surface area contributed by atoms with Crippen molar-refractivity contribution in [2.75, 3.05) is 52.8 Å². The second-order valence-corrected chi connectivity index (χ2v) is 7.42. The molecule has 2 fully saturated rings. The summed E-state index contributed by atoms with van der Waals surface area (Å²) in [5.74, 6) is 0.649. The Morgan fingerprint density at radius 2 is 2.15 bits per heavy atom. The normalized spacial score (nSPS) is 22.3. The molecule has 0 amide bonds. The summed E-state index contributed by atoms with van der Waals surface area (Å²) >= 11 is 0. The average molecular weight is 359 g/mol. The molecule has 0 aromatic heterocycles. The van der Waals surface area contributed by atoms with Crippen molar-refractivity contribution < 1.29 is 9.13 Å². The van der Waals surface area contributed by atoms with Gasteiger partial charge in [-0.2, -0.15) is 5.26 Å². The zero-order valence-electron chi connectivity index (χ0n) is 15.9.